The van der Waals surface area contributed by atoms with E-state index < -0.39 is 11.6 Å². The van der Waals surface area contributed by atoms with E-state index in [0.29, 0.717) is 26.1 Å². The summed E-state index contributed by atoms with van der Waals surface area (Å²) in [6.07, 6.45) is 2.31. The Kier molecular flexibility index (Phi) is 5.11. The monoisotopic (exact) mass is 346 g/mol. The molecule has 5 nitrogen and oxygen atoms in total. The minimum atomic E-state index is -0.587. The van der Waals surface area contributed by atoms with Crippen molar-refractivity contribution in [2.45, 2.75) is 25.9 Å². The molecule has 132 valence electrons. The summed E-state index contributed by atoms with van der Waals surface area (Å²) in [4.78, 5) is 17.9. The molecule has 2 heterocycles. The zero-order chi connectivity index (χ0) is 17.8. The van der Waals surface area contributed by atoms with Gasteiger partial charge in [-0.1, -0.05) is 12.1 Å². The van der Waals surface area contributed by atoms with Crippen LogP contribution in [0.1, 0.15) is 17.7 Å². The molecule has 25 heavy (non-hydrogen) atoms. The number of carbonyl (C=O) groups is 1. The van der Waals surface area contributed by atoms with Crippen molar-refractivity contribution in [1.82, 2.24) is 15.6 Å². The van der Waals surface area contributed by atoms with Crippen molar-refractivity contribution >= 4 is 11.7 Å². The van der Waals surface area contributed by atoms with Crippen LogP contribution in [0, 0.1) is 18.6 Å². The summed E-state index contributed by atoms with van der Waals surface area (Å²) in [5.74, 6) is -1.17. The topological polar surface area (TPSA) is 57.3 Å². The maximum absolute atomic E-state index is 13.8. The molecule has 0 aliphatic carbocycles. The molecule has 0 spiro atoms. The fraction of sp³-hybridized carbons (Fsp3) is 0.333. The summed E-state index contributed by atoms with van der Waals surface area (Å²) in [6, 6.07) is 7.11. The first-order valence-electron chi connectivity index (χ1n) is 8.18. The van der Waals surface area contributed by atoms with Gasteiger partial charge in [-0.3, -0.25) is 4.98 Å². The van der Waals surface area contributed by atoms with Crippen molar-refractivity contribution in [3.8, 4) is 0 Å². The Labute approximate surface area is 145 Å². The first-order valence-corrected chi connectivity index (χ1v) is 8.18. The van der Waals surface area contributed by atoms with Crippen molar-refractivity contribution in [3.63, 3.8) is 0 Å². The Bertz CT molecular complexity index is 748. The van der Waals surface area contributed by atoms with Gasteiger partial charge in [0.05, 0.1) is 12.2 Å². The molecule has 0 unspecified atom stereocenters. The Morgan fingerprint density at radius 3 is 2.76 bits per heavy atom. The van der Waals surface area contributed by atoms with Crippen molar-refractivity contribution in [1.29, 1.82) is 0 Å². The Morgan fingerprint density at radius 1 is 1.28 bits per heavy atom. The van der Waals surface area contributed by atoms with Crippen molar-refractivity contribution in [2.24, 2.45) is 0 Å². The van der Waals surface area contributed by atoms with Crippen LogP contribution in [0.25, 0.3) is 0 Å². The number of nitrogens with one attached hydrogen (secondary N) is 2. The lowest BCUT2D eigenvalue weighted by atomic mass is 10.2. The zero-order valence-electron chi connectivity index (χ0n) is 13.9. The quantitative estimate of drug-likeness (QED) is 0.895. The third-order valence-electron chi connectivity index (χ3n) is 4.31. The van der Waals surface area contributed by atoms with Gasteiger partial charge in [0.1, 0.15) is 17.3 Å². The zero-order valence-corrected chi connectivity index (χ0v) is 13.9. The van der Waals surface area contributed by atoms with Crippen LogP contribution < -0.4 is 15.5 Å². The smallest absolute Gasteiger partial charge is 0.315 e. The van der Waals surface area contributed by atoms with Crippen molar-refractivity contribution < 1.29 is 13.6 Å². The second-order valence-electron chi connectivity index (χ2n) is 6.10. The SMILES string of the molecule is Cc1cccnc1CNC(=O)N[C@@H]1CCN(c2c(F)cccc2F)C1. The largest absolute Gasteiger partial charge is 0.365 e. The second-order valence-corrected chi connectivity index (χ2v) is 6.10. The van der Waals surface area contributed by atoms with Gasteiger partial charge >= 0.3 is 6.03 Å². The number of nitrogens with zero attached hydrogens (tertiary/aromatic N) is 2. The van der Waals surface area contributed by atoms with Crippen LogP contribution in [-0.2, 0) is 6.54 Å². The van der Waals surface area contributed by atoms with Gasteiger partial charge in [0.25, 0.3) is 0 Å². The number of carbonyl (C=O) groups excluding carboxylic acids is 1. The highest BCUT2D eigenvalue weighted by Crippen LogP contribution is 2.26. The van der Waals surface area contributed by atoms with Gasteiger partial charge in [-0.25, -0.2) is 13.6 Å². The number of aryl methyl sites for hydroxylation is 1. The number of para-hydroxylation sites is 1. The fourth-order valence-corrected chi connectivity index (χ4v) is 2.98. The molecule has 0 radical (unpaired) electrons. The molecule has 1 atom stereocenters. The number of urea groups is 1. The molecule has 1 fully saturated rings. The van der Waals surface area contributed by atoms with Crippen LogP contribution in [0.15, 0.2) is 36.5 Å². The molecule has 7 heteroatoms. The van der Waals surface area contributed by atoms with Crippen LogP contribution >= 0.6 is 0 Å². The third kappa shape index (κ3) is 4.04. The molecule has 0 saturated carbocycles. The molecule has 2 N–H and O–H groups in total. The molecule has 3 rings (SSSR count). The van der Waals surface area contributed by atoms with E-state index >= 15 is 0 Å². The molecule has 1 saturated heterocycles. The van der Waals surface area contributed by atoms with Gasteiger partial charge in [-0.05, 0) is 37.1 Å². The van der Waals surface area contributed by atoms with Gasteiger partial charge in [0, 0.05) is 25.3 Å². The van der Waals surface area contributed by atoms with Gasteiger partial charge < -0.3 is 15.5 Å². The molecular formula is C18H20F2N4O. The Hall–Kier alpha value is -2.70. The normalized spacial score (nSPS) is 16.8. The van der Waals surface area contributed by atoms with Crippen molar-refractivity contribution in [2.75, 3.05) is 18.0 Å². The van der Waals surface area contributed by atoms with E-state index in [0.717, 1.165) is 11.3 Å². The summed E-state index contributed by atoms with van der Waals surface area (Å²) < 4.78 is 27.7. The highest BCUT2D eigenvalue weighted by atomic mass is 19.1. The number of halogens is 2. The highest BCUT2D eigenvalue weighted by molar-refractivity contribution is 5.74. The summed E-state index contributed by atoms with van der Waals surface area (Å²) in [5, 5.41) is 5.61. The minimum absolute atomic E-state index is 0.0312. The molecule has 1 aromatic carbocycles. The predicted octanol–water partition coefficient (Wildman–Crippen LogP) is 2.75. The fourth-order valence-electron chi connectivity index (χ4n) is 2.98. The molecular weight excluding hydrogens is 326 g/mol. The van der Waals surface area contributed by atoms with Crippen LogP contribution in [-0.4, -0.2) is 30.1 Å². The summed E-state index contributed by atoms with van der Waals surface area (Å²) in [7, 11) is 0. The van der Waals surface area contributed by atoms with E-state index in [4.69, 9.17) is 0 Å². The first kappa shape index (κ1) is 17.1. The standard InChI is InChI=1S/C18H20F2N4O/c1-12-4-3-8-21-16(12)10-22-18(25)23-13-7-9-24(11-13)17-14(19)5-2-6-15(17)20/h2-6,8,13H,7,9-11H2,1H3,(H2,22,23,25)/t13-/m1/s1. The van der Waals surface area contributed by atoms with Gasteiger partial charge in [0.2, 0.25) is 0 Å². The molecule has 2 amide bonds. The predicted molar refractivity (Wildman–Crippen MR) is 91.3 cm³/mol. The number of benzene rings is 1. The summed E-state index contributed by atoms with van der Waals surface area (Å²) >= 11 is 0. The minimum Gasteiger partial charge on any atom is -0.365 e. The summed E-state index contributed by atoms with van der Waals surface area (Å²) in [6.45, 7) is 3.12. The third-order valence-corrected chi connectivity index (χ3v) is 4.31. The van der Waals surface area contributed by atoms with Gasteiger partial charge in [-0.2, -0.15) is 0 Å². The average molecular weight is 346 g/mol. The Morgan fingerprint density at radius 2 is 2.04 bits per heavy atom. The first-order chi connectivity index (χ1) is 12.0. The van der Waals surface area contributed by atoms with Crippen LogP contribution in [0.4, 0.5) is 19.3 Å². The van der Waals surface area contributed by atoms with E-state index in [1.165, 1.54) is 18.2 Å². The van der Waals surface area contributed by atoms with E-state index in [1.807, 2.05) is 19.1 Å². The van der Waals surface area contributed by atoms with Crippen LogP contribution in [0.3, 0.4) is 0 Å². The maximum atomic E-state index is 13.8. The molecule has 1 aromatic heterocycles. The molecule has 0 bridgehead atoms. The van der Waals surface area contributed by atoms with E-state index in [1.54, 1.807) is 11.1 Å². The lowest BCUT2D eigenvalue weighted by molar-refractivity contribution is 0.237. The maximum Gasteiger partial charge on any atom is 0.315 e. The number of anilines is 1. The lowest BCUT2D eigenvalue weighted by Crippen LogP contribution is -2.43. The van der Waals surface area contributed by atoms with Crippen LogP contribution in [0.5, 0.6) is 0 Å². The molecule has 1 aliphatic rings. The second kappa shape index (κ2) is 7.46. The van der Waals surface area contributed by atoms with Gasteiger partial charge in [0.15, 0.2) is 0 Å². The number of aromatic nitrogens is 1. The summed E-state index contributed by atoms with van der Waals surface area (Å²) in [5.41, 5.74) is 1.78. The van der Waals surface area contributed by atoms with Gasteiger partial charge in [-0.15, -0.1) is 0 Å². The average Bonchev–Trinajstić information content (AvgIpc) is 3.02. The Balaban J connectivity index is 1.53. The van der Waals surface area contributed by atoms with E-state index in [9.17, 15) is 13.6 Å². The highest BCUT2D eigenvalue weighted by Gasteiger charge is 2.27. The number of pyridine rings is 1. The number of rotatable bonds is 4. The molecule has 1 aliphatic heterocycles. The lowest BCUT2D eigenvalue weighted by Gasteiger charge is -2.20. The van der Waals surface area contributed by atoms with Crippen LogP contribution in [0.2, 0.25) is 0 Å². The van der Waals surface area contributed by atoms with Crippen molar-refractivity contribution in [3.05, 3.63) is 59.4 Å². The molecule has 2 aromatic rings. The number of hydrogen-bond acceptors (Lipinski definition) is 3. The van der Waals surface area contributed by atoms with E-state index in [2.05, 4.69) is 15.6 Å². The number of amides is 2. The number of hydrogen-bond donors (Lipinski definition) is 2. The van der Waals surface area contributed by atoms with E-state index in [-0.39, 0.29) is 17.8 Å².